The van der Waals surface area contributed by atoms with Gasteiger partial charge in [-0.05, 0) is 57.0 Å². The summed E-state index contributed by atoms with van der Waals surface area (Å²) in [4.78, 5) is 21.6. The van der Waals surface area contributed by atoms with Crippen molar-refractivity contribution in [1.82, 2.24) is 24.9 Å². The molecule has 1 aliphatic heterocycles. The van der Waals surface area contributed by atoms with Crippen molar-refractivity contribution in [2.75, 3.05) is 13.2 Å². The highest BCUT2D eigenvalue weighted by molar-refractivity contribution is 5.98. The van der Waals surface area contributed by atoms with Gasteiger partial charge in [0.05, 0.1) is 35.8 Å². The maximum atomic E-state index is 13.7. The minimum Gasteiger partial charge on any atom is -0.492 e. The lowest BCUT2D eigenvalue weighted by Gasteiger charge is -2.39. The molecule has 2 aromatic carbocycles. The van der Waals surface area contributed by atoms with E-state index < -0.39 is 0 Å². The van der Waals surface area contributed by atoms with E-state index in [2.05, 4.69) is 22.1 Å². The first-order chi connectivity index (χ1) is 16.1. The first-order valence-corrected chi connectivity index (χ1v) is 11.4. The number of ether oxygens (including phenoxy) is 1. The Morgan fingerprint density at radius 2 is 1.91 bits per heavy atom. The van der Waals surface area contributed by atoms with Crippen molar-refractivity contribution in [2.24, 2.45) is 5.92 Å². The second-order valence-electron chi connectivity index (χ2n) is 8.62. The number of amides is 1. The number of para-hydroxylation sites is 1. The van der Waals surface area contributed by atoms with Gasteiger partial charge in [0.25, 0.3) is 5.91 Å². The smallest absolute Gasteiger partial charge is 0.256 e. The summed E-state index contributed by atoms with van der Waals surface area (Å²) in [5.41, 5.74) is 3.27. The summed E-state index contributed by atoms with van der Waals surface area (Å²) in [6, 6.07) is 15.8. The van der Waals surface area contributed by atoms with Crippen molar-refractivity contribution in [3.63, 3.8) is 0 Å². The fourth-order valence-electron chi connectivity index (χ4n) is 4.61. The van der Waals surface area contributed by atoms with Gasteiger partial charge in [0.1, 0.15) is 5.75 Å². The van der Waals surface area contributed by atoms with Crippen molar-refractivity contribution in [2.45, 2.75) is 32.7 Å². The van der Waals surface area contributed by atoms with Crippen LogP contribution in [0.25, 0.3) is 16.6 Å². The van der Waals surface area contributed by atoms with Crippen LogP contribution in [0.1, 0.15) is 35.7 Å². The predicted molar refractivity (Wildman–Crippen MR) is 127 cm³/mol. The third-order valence-electron chi connectivity index (χ3n) is 6.49. The van der Waals surface area contributed by atoms with Gasteiger partial charge in [-0.1, -0.05) is 23.8 Å². The molecule has 2 aromatic heterocycles. The SMILES string of the molecule is Cc1ccc(-n2nccn2)c(C(=O)N2CCC[C@@H](COc3ccnc4ccccc34)[C@@H]2C)c1. The molecular weight excluding hydrogens is 414 g/mol. The van der Waals surface area contributed by atoms with Crippen LogP contribution in [-0.4, -0.2) is 50.0 Å². The lowest BCUT2D eigenvalue weighted by molar-refractivity contribution is 0.0453. The molecule has 33 heavy (non-hydrogen) atoms. The first-order valence-electron chi connectivity index (χ1n) is 11.4. The minimum absolute atomic E-state index is 0.0116. The number of carbonyl (C=O) groups excluding carboxylic acids is 1. The number of pyridine rings is 1. The van der Waals surface area contributed by atoms with Gasteiger partial charge in [-0.2, -0.15) is 15.0 Å². The Morgan fingerprint density at radius 3 is 2.76 bits per heavy atom. The molecule has 4 aromatic rings. The summed E-state index contributed by atoms with van der Waals surface area (Å²) in [5.74, 6) is 1.09. The van der Waals surface area contributed by atoms with Crippen molar-refractivity contribution in [3.05, 3.63) is 78.2 Å². The summed E-state index contributed by atoms with van der Waals surface area (Å²) >= 11 is 0. The van der Waals surface area contributed by atoms with Gasteiger partial charge < -0.3 is 9.64 Å². The van der Waals surface area contributed by atoms with Gasteiger partial charge in [-0.3, -0.25) is 9.78 Å². The molecule has 0 unspecified atom stereocenters. The van der Waals surface area contributed by atoms with Crippen LogP contribution < -0.4 is 4.74 Å². The molecule has 0 saturated carbocycles. The van der Waals surface area contributed by atoms with Crippen LogP contribution in [0.4, 0.5) is 0 Å². The number of aromatic nitrogens is 4. The number of nitrogens with zero attached hydrogens (tertiary/aromatic N) is 5. The number of aryl methyl sites for hydroxylation is 1. The lowest BCUT2D eigenvalue weighted by Crippen LogP contribution is -2.48. The number of benzene rings is 2. The van der Waals surface area contributed by atoms with Gasteiger partial charge in [0.15, 0.2) is 0 Å². The highest BCUT2D eigenvalue weighted by atomic mass is 16.5. The number of carbonyl (C=O) groups is 1. The zero-order valence-electron chi connectivity index (χ0n) is 18.9. The molecule has 1 fully saturated rings. The van der Waals surface area contributed by atoms with Gasteiger partial charge >= 0.3 is 0 Å². The van der Waals surface area contributed by atoms with E-state index in [0.29, 0.717) is 17.9 Å². The van der Waals surface area contributed by atoms with Crippen molar-refractivity contribution in [1.29, 1.82) is 0 Å². The number of piperidine rings is 1. The Balaban J connectivity index is 1.36. The number of hydrogen-bond donors (Lipinski definition) is 0. The maximum Gasteiger partial charge on any atom is 0.256 e. The van der Waals surface area contributed by atoms with E-state index in [9.17, 15) is 4.79 Å². The molecule has 1 aliphatic rings. The molecule has 7 heteroatoms. The Labute approximate surface area is 193 Å². The molecule has 0 aliphatic carbocycles. The monoisotopic (exact) mass is 441 g/mol. The quantitative estimate of drug-likeness (QED) is 0.458. The fraction of sp³-hybridized carbons (Fsp3) is 0.308. The molecule has 7 nitrogen and oxygen atoms in total. The molecule has 0 spiro atoms. The van der Waals surface area contributed by atoms with E-state index in [-0.39, 0.29) is 17.9 Å². The Morgan fingerprint density at radius 1 is 1.09 bits per heavy atom. The van der Waals surface area contributed by atoms with E-state index in [0.717, 1.165) is 41.6 Å². The highest BCUT2D eigenvalue weighted by Gasteiger charge is 2.33. The first kappa shape index (κ1) is 21.1. The average molecular weight is 442 g/mol. The van der Waals surface area contributed by atoms with E-state index in [1.54, 1.807) is 18.6 Å². The van der Waals surface area contributed by atoms with Gasteiger partial charge in [0, 0.05) is 30.1 Å². The van der Waals surface area contributed by atoms with Crippen LogP contribution in [0.15, 0.2) is 67.1 Å². The number of likely N-dealkylation sites (tertiary alicyclic amines) is 1. The second kappa shape index (κ2) is 9.02. The van der Waals surface area contributed by atoms with Crippen LogP contribution in [-0.2, 0) is 0 Å². The topological polar surface area (TPSA) is 73.1 Å². The highest BCUT2D eigenvalue weighted by Crippen LogP contribution is 2.29. The molecule has 0 bridgehead atoms. The van der Waals surface area contributed by atoms with E-state index in [4.69, 9.17) is 4.74 Å². The van der Waals surface area contributed by atoms with Crippen molar-refractivity contribution < 1.29 is 9.53 Å². The average Bonchev–Trinajstić information content (AvgIpc) is 3.38. The summed E-state index contributed by atoms with van der Waals surface area (Å²) in [6.07, 6.45) is 6.99. The summed E-state index contributed by atoms with van der Waals surface area (Å²) in [6.45, 7) is 5.40. The van der Waals surface area contributed by atoms with Gasteiger partial charge in [-0.25, -0.2) is 0 Å². The molecule has 3 heterocycles. The maximum absolute atomic E-state index is 13.7. The third-order valence-corrected chi connectivity index (χ3v) is 6.49. The molecule has 1 amide bonds. The number of fused-ring (bicyclic) bond motifs is 1. The normalized spacial score (nSPS) is 18.4. The van der Waals surface area contributed by atoms with Crippen LogP contribution in [0.5, 0.6) is 5.75 Å². The van der Waals surface area contributed by atoms with E-state index in [1.807, 2.05) is 60.4 Å². The zero-order valence-corrected chi connectivity index (χ0v) is 18.9. The Bertz CT molecular complexity index is 1270. The summed E-state index contributed by atoms with van der Waals surface area (Å²) in [7, 11) is 0. The third kappa shape index (κ3) is 4.18. The summed E-state index contributed by atoms with van der Waals surface area (Å²) in [5, 5.41) is 9.48. The molecule has 168 valence electrons. The lowest BCUT2D eigenvalue weighted by atomic mass is 9.90. The molecule has 2 atom stereocenters. The second-order valence-corrected chi connectivity index (χ2v) is 8.62. The Hall–Kier alpha value is -3.74. The van der Waals surface area contributed by atoms with E-state index in [1.165, 1.54) is 4.80 Å². The van der Waals surface area contributed by atoms with Crippen LogP contribution >= 0.6 is 0 Å². The molecule has 5 rings (SSSR count). The van der Waals surface area contributed by atoms with Crippen LogP contribution in [0.2, 0.25) is 0 Å². The van der Waals surface area contributed by atoms with Crippen molar-refractivity contribution >= 4 is 16.8 Å². The Kier molecular flexibility index (Phi) is 5.77. The van der Waals surface area contributed by atoms with E-state index >= 15 is 0 Å². The molecular formula is C26H27N5O2. The van der Waals surface area contributed by atoms with Gasteiger partial charge in [0.2, 0.25) is 0 Å². The molecule has 0 N–H and O–H groups in total. The predicted octanol–water partition coefficient (Wildman–Crippen LogP) is 4.44. The standard InChI is InChI=1S/C26H27N5O2/c1-18-9-10-24(31-28-13-14-29-31)22(16-18)26(32)30-15-5-6-20(19(30)2)17-33-25-11-12-27-23-8-4-3-7-21(23)25/h3-4,7-14,16,19-20H,5-6,15,17H2,1-2H3/t19-,20-/m0/s1. The minimum atomic E-state index is 0.0116. The van der Waals surface area contributed by atoms with Gasteiger partial charge in [-0.15, -0.1) is 0 Å². The molecule has 1 saturated heterocycles. The fourth-order valence-corrected chi connectivity index (χ4v) is 4.61. The van der Waals surface area contributed by atoms with Crippen LogP contribution in [0.3, 0.4) is 0 Å². The molecule has 0 radical (unpaired) electrons. The number of hydrogen-bond acceptors (Lipinski definition) is 5. The zero-order chi connectivity index (χ0) is 22.8. The van der Waals surface area contributed by atoms with Crippen LogP contribution in [0, 0.1) is 12.8 Å². The summed E-state index contributed by atoms with van der Waals surface area (Å²) < 4.78 is 6.26. The number of rotatable bonds is 5. The largest absolute Gasteiger partial charge is 0.492 e. The van der Waals surface area contributed by atoms with Crippen molar-refractivity contribution in [3.8, 4) is 11.4 Å².